The number of aliphatic hydroxyl groups is 1. The summed E-state index contributed by atoms with van der Waals surface area (Å²) in [5, 5.41) is 12.3. The smallest absolute Gasteiger partial charge is 0.249 e. The van der Waals surface area contributed by atoms with Crippen molar-refractivity contribution in [2.75, 3.05) is 0 Å². The molecule has 0 aromatic heterocycles. The van der Waals surface area contributed by atoms with E-state index in [2.05, 4.69) is 5.32 Å². The van der Waals surface area contributed by atoms with Gasteiger partial charge in [-0.25, -0.2) is 0 Å². The molecule has 1 aliphatic heterocycles. The molecular formula is C9H15NO2. The van der Waals surface area contributed by atoms with Gasteiger partial charge in [-0.15, -0.1) is 0 Å². The van der Waals surface area contributed by atoms with Gasteiger partial charge in [-0.3, -0.25) is 4.79 Å². The van der Waals surface area contributed by atoms with Gasteiger partial charge in [0.05, 0.1) is 0 Å². The average molecular weight is 169 g/mol. The van der Waals surface area contributed by atoms with E-state index in [1.807, 2.05) is 13.8 Å². The number of nitrogens with one attached hydrogen (secondary N) is 1. The van der Waals surface area contributed by atoms with E-state index in [0.717, 1.165) is 17.6 Å². The first-order chi connectivity index (χ1) is 5.53. The summed E-state index contributed by atoms with van der Waals surface area (Å²) in [6, 6.07) is 0. The van der Waals surface area contributed by atoms with Crippen molar-refractivity contribution in [2.24, 2.45) is 0 Å². The molecule has 0 spiro atoms. The molecule has 0 saturated heterocycles. The summed E-state index contributed by atoms with van der Waals surface area (Å²) in [5.74, 6) is -0.126. The Hall–Kier alpha value is -0.830. The summed E-state index contributed by atoms with van der Waals surface area (Å²) in [6.07, 6.45) is 1.40. The lowest BCUT2D eigenvalue weighted by atomic mass is 9.99. The van der Waals surface area contributed by atoms with Gasteiger partial charge >= 0.3 is 0 Å². The van der Waals surface area contributed by atoms with Gasteiger partial charge in [0, 0.05) is 5.57 Å². The van der Waals surface area contributed by atoms with Crippen LogP contribution in [0.3, 0.4) is 0 Å². The molecule has 0 radical (unpaired) electrons. The van der Waals surface area contributed by atoms with Crippen molar-refractivity contribution in [1.82, 2.24) is 5.32 Å². The van der Waals surface area contributed by atoms with E-state index in [9.17, 15) is 9.90 Å². The molecule has 0 aromatic carbocycles. The monoisotopic (exact) mass is 169 g/mol. The molecule has 0 bridgehead atoms. The Morgan fingerprint density at radius 1 is 1.42 bits per heavy atom. The van der Waals surface area contributed by atoms with Crippen LogP contribution in [-0.2, 0) is 4.79 Å². The third-order valence-corrected chi connectivity index (χ3v) is 2.29. The van der Waals surface area contributed by atoms with Crippen LogP contribution >= 0.6 is 0 Å². The predicted octanol–water partition coefficient (Wildman–Crippen LogP) is 0.941. The van der Waals surface area contributed by atoms with E-state index in [1.54, 1.807) is 6.92 Å². The summed E-state index contributed by atoms with van der Waals surface area (Å²) in [7, 11) is 0. The van der Waals surface area contributed by atoms with Crippen molar-refractivity contribution >= 4 is 5.91 Å². The van der Waals surface area contributed by atoms with Crippen molar-refractivity contribution < 1.29 is 9.90 Å². The normalized spacial score (nSPS) is 29.5. The number of amides is 1. The highest BCUT2D eigenvalue weighted by Crippen LogP contribution is 2.28. The minimum Gasteiger partial charge on any atom is -0.367 e. The number of carbonyl (C=O) groups excluding carboxylic acids is 1. The molecule has 68 valence electrons. The van der Waals surface area contributed by atoms with Gasteiger partial charge in [0.2, 0.25) is 5.91 Å². The SMILES string of the molecule is CCC1=C(CC)C(C)(O)NC1=O. The molecule has 0 fully saturated rings. The molecule has 2 N–H and O–H groups in total. The van der Waals surface area contributed by atoms with Crippen molar-refractivity contribution in [3.8, 4) is 0 Å². The summed E-state index contributed by atoms with van der Waals surface area (Å²) >= 11 is 0. The van der Waals surface area contributed by atoms with E-state index in [-0.39, 0.29) is 5.91 Å². The average Bonchev–Trinajstić information content (AvgIpc) is 2.18. The molecule has 0 saturated carbocycles. The molecule has 3 heteroatoms. The zero-order chi connectivity index (χ0) is 9.35. The van der Waals surface area contributed by atoms with E-state index in [4.69, 9.17) is 0 Å². The molecule has 1 rings (SSSR count). The Kier molecular flexibility index (Phi) is 2.24. The third kappa shape index (κ3) is 1.25. The summed E-state index contributed by atoms with van der Waals surface area (Å²) in [5.41, 5.74) is 0.453. The standard InChI is InChI=1S/C9H15NO2/c1-4-6-7(5-2)9(3,12)10-8(6)11/h12H,4-5H2,1-3H3,(H,10,11). The minimum atomic E-state index is -1.11. The fourth-order valence-electron chi connectivity index (χ4n) is 1.73. The minimum absolute atomic E-state index is 0.126. The maximum atomic E-state index is 11.3. The maximum absolute atomic E-state index is 11.3. The first-order valence-electron chi connectivity index (χ1n) is 4.30. The predicted molar refractivity (Wildman–Crippen MR) is 46.4 cm³/mol. The van der Waals surface area contributed by atoms with E-state index < -0.39 is 5.72 Å². The van der Waals surface area contributed by atoms with Gasteiger partial charge < -0.3 is 10.4 Å². The van der Waals surface area contributed by atoms with Crippen LogP contribution in [0.5, 0.6) is 0 Å². The van der Waals surface area contributed by atoms with E-state index in [1.165, 1.54) is 0 Å². The fraction of sp³-hybridized carbons (Fsp3) is 0.667. The molecular weight excluding hydrogens is 154 g/mol. The van der Waals surface area contributed by atoms with Gasteiger partial charge in [-0.2, -0.15) is 0 Å². The summed E-state index contributed by atoms with van der Waals surface area (Å²) < 4.78 is 0. The number of hydrogen-bond donors (Lipinski definition) is 2. The lowest BCUT2D eigenvalue weighted by Gasteiger charge is -2.20. The van der Waals surface area contributed by atoms with Gasteiger partial charge in [-0.1, -0.05) is 13.8 Å². The van der Waals surface area contributed by atoms with Gasteiger partial charge in [0.15, 0.2) is 5.72 Å². The first kappa shape index (κ1) is 9.26. The first-order valence-corrected chi connectivity index (χ1v) is 4.30. The van der Waals surface area contributed by atoms with Crippen LogP contribution in [0.1, 0.15) is 33.6 Å². The second-order valence-electron chi connectivity index (χ2n) is 3.19. The van der Waals surface area contributed by atoms with Crippen LogP contribution < -0.4 is 5.32 Å². The molecule has 0 aromatic rings. The quantitative estimate of drug-likeness (QED) is 0.646. The second kappa shape index (κ2) is 2.90. The summed E-state index contributed by atoms with van der Waals surface area (Å²) in [4.78, 5) is 11.3. The van der Waals surface area contributed by atoms with Crippen molar-refractivity contribution in [3.05, 3.63) is 11.1 Å². The van der Waals surface area contributed by atoms with Crippen LogP contribution in [0.4, 0.5) is 0 Å². The van der Waals surface area contributed by atoms with Crippen molar-refractivity contribution in [3.63, 3.8) is 0 Å². The molecule has 3 nitrogen and oxygen atoms in total. The summed E-state index contributed by atoms with van der Waals surface area (Å²) in [6.45, 7) is 5.48. The lowest BCUT2D eigenvalue weighted by molar-refractivity contribution is -0.120. The van der Waals surface area contributed by atoms with E-state index >= 15 is 0 Å². The highest BCUT2D eigenvalue weighted by atomic mass is 16.3. The third-order valence-electron chi connectivity index (χ3n) is 2.29. The van der Waals surface area contributed by atoms with Gasteiger partial charge in [0.25, 0.3) is 0 Å². The Morgan fingerprint density at radius 3 is 2.33 bits per heavy atom. The van der Waals surface area contributed by atoms with Crippen LogP contribution in [0.2, 0.25) is 0 Å². The molecule has 0 aliphatic carbocycles. The maximum Gasteiger partial charge on any atom is 0.249 e. The Labute approximate surface area is 72.5 Å². The van der Waals surface area contributed by atoms with Crippen LogP contribution in [0, 0.1) is 0 Å². The fourth-order valence-corrected chi connectivity index (χ4v) is 1.73. The Morgan fingerprint density at radius 2 is 2.00 bits per heavy atom. The second-order valence-corrected chi connectivity index (χ2v) is 3.19. The van der Waals surface area contributed by atoms with E-state index in [0.29, 0.717) is 6.42 Å². The topological polar surface area (TPSA) is 49.3 Å². The molecule has 1 heterocycles. The van der Waals surface area contributed by atoms with Gasteiger partial charge in [-0.05, 0) is 25.3 Å². The highest BCUT2D eigenvalue weighted by Gasteiger charge is 2.37. The number of hydrogen-bond acceptors (Lipinski definition) is 2. The van der Waals surface area contributed by atoms with Crippen LogP contribution in [-0.4, -0.2) is 16.7 Å². The molecule has 1 atom stereocenters. The van der Waals surface area contributed by atoms with Crippen molar-refractivity contribution in [2.45, 2.75) is 39.3 Å². The van der Waals surface area contributed by atoms with Crippen LogP contribution in [0.25, 0.3) is 0 Å². The highest BCUT2D eigenvalue weighted by molar-refractivity contribution is 5.98. The Bertz CT molecular complexity index is 241. The Balaban J connectivity index is 3.08. The lowest BCUT2D eigenvalue weighted by Crippen LogP contribution is -2.41. The zero-order valence-corrected chi connectivity index (χ0v) is 7.77. The largest absolute Gasteiger partial charge is 0.367 e. The molecule has 1 aliphatic rings. The number of carbonyl (C=O) groups is 1. The van der Waals surface area contributed by atoms with Crippen molar-refractivity contribution in [1.29, 1.82) is 0 Å². The zero-order valence-electron chi connectivity index (χ0n) is 7.77. The van der Waals surface area contributed by atoms with Gasteiger partial charge in [0.1, 0.15) is 0 Å². The molecule has 1 amide bonds. The molecule has 1 unspecified atom stereocenters. The number of rotatable bonds is 2. The molecule has 12 heavy (non-hydrogen) atoms. The van der Waals surface area contributed by atoms with Crippen LogP contribution in [0.15, 0.2) is 11.1 Å².